The minimum absolute atomic E-state index is 0.0792. The first-order valence-electron chi connectivity index (χ1n) is 45.5. The summed E-state index contributed by atoms with van der Waals surface area (Å²) in [6.45, 7) is 27.1. The van der Waals surface area contributed by atoms with Gasteiger partial charge in [0, 0.05) is 143 Å². The highest BCUT2D eigenvalue weighted by atomic mass is 18.2. The quantitative estimate of drug-likeness (QED) is 0.0328. The Morgan fingerprint density at radius 2 is 0.577 bits per heavy atom. The molecule has 24 heteroatoms. The van der Waals surface area contributed by atoms with E-state index in [-0.39, 0.29) is 65.8 Å². The molecule has 0 radical (unpaired) electrons. The number of fused-ring (bicyclic) bond motifs is 15. The predicted molar refractivity (Wildman–Crippen MR) is 484 cm³/mol. The van der Waals surface area contributed by atoms with Gasteiger partial charge in [-0.25, -0.2) is 22.0 Å². The van der Waals surface area contributed by atoms with Crippen molar-refractivity contribution < 1.29 is 64.9 Å². The highest BCUT2D eigenvalue weighted by Gasteiger charge is 2.41. The summed E-state index contributed by atoms with van der Waals surface area (Å²) in [6.07, 6.45) is 13.7. The molecule has 0 fully saturated rings. The van der Waals surface area contributed by atoms with E-state index in [1.165, 1.54) is 5.69 Å². The van der Waals surface area contributed by atoms with E-state index in [1.807, 2.05) is 189 Å². The topological polar surface area (TPSA) is 163 Å². The van der Waals surface area contributed by atoms with Gasteiger partial charge in [0.15, 0.2) is 0 Å². The molecule has 19 nitrogen and oxygen atoms in total. The van der Waals surface area contributed by atoms with Crippen LogP contribution in [0.4, 0.5) is 22.0 Å². The van der Waals surface area contributed by atoms with Gasteiger partial charge in [-0.3, -0.25) is 24.0 Å². The second kappa shape index (κ2) is 44.0. The summed E-state index contributed by atoms with van der Waals surface area (Å²) < 4.78 is 97.9. The molecule has 5 aromatic heterocycles. The van der Waals surface area contributed by atoms with Gasteiger partial charge in [0.1, 0.15) is 56.4 Å². The summed E-state index contributed by atoms with van der Waals surface area (Å²) in [5, 5.41) is 5.22. The number of ether oxygens (including phenoxy) is 4. The molecule has 5 aromatic carbocycles. The number of aryl methyl sites for hydroxylation is 5. The third kappa shape index (κ3) is 19.0. The Hall–Kier alpha value is -10.0. The van der Waals surface area contributed by atoms with Crippen molar-refractivity contribution in [1.29, 1.82) is 0 Å². The fraction of sp³-hybridized carbons (Fsp3) is 0.545. The van der Waals surface area contributed by atoms with E-state index in [1.54, 1.807) is 28.4 Å². The summed E-state index contributed by atoms with van der Waals surface area (Å²) >= 11 is 0. The third-order valence-corrected chi connectivity index (χ3v) is 26.5. The van der Waals surface area contributed by atoms with Crippen molar-refractivity contribution in [3.63, 3.8) is 0 Å². The second-order valence-corrected chi connectivity index (χ2v) is 32.3. The number of carbonyl (C=O) groups excluding carboxylic acids is 5. The molecule has 0 aliphatic heterocycles. The maximum Gasteiger partial charge on any atom is 0.230 e. The number of aromatic nitrogens is 5. The standard InChI is InChI=1S/C21H29FN2O2.2C20H27FN2O2.C19H25FN2O2.C19H25FN2O/c1-4-23(5-2)21(25)16-8-6-7-9-19-20(16)17-14-15(26-3)10-11-18(17)24(19)13-12-22;1-4-22(5-2)20(24)14-8-6-9-15-18(14)19-16(23(15)13-12-21)10-7-11-17(19)25-3;1-4-22(5-2)20(24)15-7-6-8-18-19(15)16-13-14(25-3)9-10-17(16)23(18)12-11-21;1-4-21(5-2)19(23)14-7-9-17-18(14)15-12-13(24-3)6-8-16(15)22(17)11-10-20;1-3-21(4-2)19(23)15-9-7-11-17-18(15)14-8-5-6-10-16(14)22(17)13-12-20/h10-11,14,16H,4-9,12-13H2,1-3H3;7,10-11,14H,4-6,8-9,12-13H2,1-3H3;9-10,13,15H,4-8,11-12H2,1-3H3;6,8,12,14H,4-5,7,9-11H2,1-3H3;5-6,8,10,15H,3-4,7,9,11-13H2,1-2H3/i22-1;2*21-1;2*20-1. The van der Waals surface area contributed by atoms with Crippen LogP contribution in [0.3, 0.4) is 0 Å². The van der Waals surface area contributed by atoms with Crippen molar-refractivity contribution in [2.45, 2.75) is 228 Å². The monoisotopic (exact) mass is 1700 g/mol. The van der Waals surface area contributed by atoms with E-state index in [2.05, 4.69) is 24.3 Å². The van der Waals surface area contributed by atoms with E-state index >= 15 is 0 Å². The average molecular weight is 1700 g/mol. The van der Waals surface area contributed by atoms with E-state index in [4.69, 9.17) is 18.9 Å². The smallest absolute Gasteiger partial charge is 0.230 e. The molecule has 5 amide bonds. The Bertz CT molecular complexity index is 5250. The van der Waals surface area contributed by atoms with Gasteiger partial charge >= 0.3 is 0 Å². The van der Waals surface area contributed by atoms with Crippen molar-refractivity contribution in [2.75, 3.05) is 127 Å². The van der Waals surface area contributed by atoms with Gasteiger partial charge in [-0.05, 0) is 260 Å². The first-order valence-corrected chi connectivity index (χ1v) is 45.5. The number of benzene rings is 5. The van der Waals surface area contributed by atoms with Crippen LogP contribution in [-0.4, -0.2) is 204 Å². The second-order valence-electron chi connectivity index (χ2n) is 32.3. The van der Waals surface area contributed by atoms with Crippen molar-refractivity contribution in [2.24, 2.45) is 0 Å². The van der Waals surface area contributed by atoms with E-state index < -0.39 is 26.7 Å². The summed E-state index contributed by atoms with van der Waals surface area (Å²) in [5.74, 6) is 3.38. The fourth-order valence-electron chi connectivity index (χ4n) is 20.7. The van der Waals surface area contributed by atoms with Crippen LogP contribution in [0, 0.1) is 0 Å². The Labute approximate surface area is 724 Å². The SMILES string of the molecule is CCN(CC)C(=O)C1CCCCc2c1c1cc(OC)ccc1n2CC[18F].CCN(CC)C(=O)C1CCCc2c1c1c(OC)cccc1n2CC[18F].CCN(CC)C(=O)C1CCCc2c1c1cc(OC)ccc1n2CC[18F].CCN(CC)C(=O)C1CCCc2c1c1ccccc1n2CC[18F].CCN(CC)C(=O)C1CCc2c1c1cc(OC)ccc1n2CC[18F]. The predicted octanol–water partition coefficient (Wildman–Crippen LogP) is 19.5. The molecule has 5 unspecified atom stereocenters. The lowest BCUT2D eigenvalue weighted by atomic mass is 9.84. The number of nitrogens with zero attached hydrogens (tertiary/aromatic N) is 10. The zero-order valence-corrected chi connectivity index (χ0v) is 75.4. The first kappa shape index (κ1) is 93.7. The fourth-order valence-corrected chi connectivity index (χ4v) is 20.7. The van der Waals surface area contributed by atoms with Crippen LogP contribution in [0.15, 0.2) is 97.1 Å². The van der Waals surface area contributed by atoms with Crippen molar-refractivity contribution in [3.8, 4) is 23.0 Å². The van der Waals surface area contributed by atoms with E-state index in [9.17, 15) is 45.9 Å². The number of carbonyl (C=O) groups is 5. The molecule has 668 valence electrons. The van der Waals surface area contributed by atoms with Gasteiger partial charge in [-0.1, -0.05) is 30.7 Å². The zero-order chi connectivity index (χ0) is 88.3. The molecule has 5 aliphatic carbocycles. The highest BCUT2D eigenvalue weighted by molar-refractivity contribution is 6.00. The lowest BCUT2D eigenvalue weighted by Gasteiger charge is -2.29. The maximum atomic E-state index is 13.3. The molecule has 10 aromatic rings. The largest absolute Gasteiger partial charge is 0.497 e. The molecule has 5 aliphatic rings. The molecule has 0 N–H and O–H groups in total. The Morgan fingerprint density at radius 3 is 0.911 bits per heavy atom. The Kier molecular flexibility index (Phi) is 33.6. The summed E-state index contributed by atoms with van der Waals surface area (Å²) in [5.41, 5.74) is 16.2. The average Bonchev–Trinajstić information content (AvgIpc) is 1.63. The van der Waals surface area contributed by atoms with Gasteiger partial charge in [0.25, 0.3) is 0 Å². The number of amides is 5. The normalized spacial score (nSPS) is 16.8. The summed E-state index contributed by atoms with van der Waals surface area (Å²) in [7, 11) is 6.58. The van der Waals surface area contributed by atoms with Crippen molar-refractivity contribution in [3.05, 3.63) is 153 Å². The van der Waals surface area contributed by atoms with Gasteiger partial charge in [0.2, 0.25) is 29.5 Å². The summed E-state index contributed by atoms with van der Waals surface area (Å²) in [6, 6.07) is 31.7. The maximum absolute atomic E-state index is 13.3. The van der Waals surface area contributed by atoms with Crippen LogP contribution >= 0.6 is 0 Å². The van der Waals surface area contributed by atoms with Crippen LogP contribution < -0.4 is 18.9 Å². The Balaban J connectivity index is 0.000000150. The molecule has 123 heavy (non-hydrogen) atoms. The lowest BCUT2D eigenvalue weighted by Crippen LogP contribution is -2.36. The highest BCUT2D eigenvalue weighted by Crippen LogP contribution is 2.48. The van der Waals surface area contributed by atoms with Gasteiger partial charge in [-0.2, -0.15) is 0 Å². The van der Waals surface area contributed by atoms with Crippen LogP contribution in [0.2, 0.25) is 0 Å². The minimum Gasteiger partial charge on any atom is -0.497 e. The third-order valence-electron chi connectivity index (χ3n) is 26.5. The molecule has 5 heterocycles. The molecular formula is C99H133F5N10O9. The van der Waals surface area contributed by atoms with Crippen LogP contribution in [-0.2, 0) is 88.8 Å². The number of hydrogen-bond donors (Lipinski definition) is 0. The number of para-hydroxylation sites is 1. The molecule has 0 bridgehead atoms. The number of halogens is 5. The van der Waals surface area contributed by atoms with Gasteiger partial charge < -0.3 is 66.3 Å². The van der Waals surface area contributed by atoms with Crippen molar-refractivity contribution >= 4 is 84.1 Å². The van der Waals surface area contributed by atoms with Crippen molar-refractivity contribution in [1.82, 2.24) is 47.3 Å². The molecule has 15 rings (SSSR count). The molecular weight excluding hydrogens is 1560 g/mol. The number of methoxy groups -OCH3 is 4. The number of rotatable bonds is 29. The number of likely N-dealkylation sites (N-methyl/N-ethyl adjacent to an activating group) is 5. The minimum atomic E-state index is -0.415. The first-order chi connectivity index (χ1) is 59.9. The van der Waals surface area contributed by atoms with Crippen LogP contribution in [0.25, 0.3) is 54.5 Å². The molecule has 0 spiro atoms. The molecule has 0 saturated carbocycles. The van der Waals surface area contributed by atoms with Gasteiger partial charge in [0.05, 0.1) is 96.3 Å². The number of alkyl halides is 5. The zero-order valence-electron chi connectivity index (χ0n) is 75.4. The number of hydrogen-bond acceptors (Lipinski definition) is 9. The Morgan fingerprint density at radius 1 is 0.301 bits per heavy atom. The van der Waals surface area contributed by atoms with Gasteiger partial charge in [-0.15, -0.1) is 0 Å². The van der Waals surface area contributed by atoms with Crippen LogP contribution in [0.5, 0.6) is 23.0 Å². The van der Waals surface area contributed by atoms with E-state index in [0.717, 1.165) is 238 Å². The van der Waals surface area contributed by atoms with Crippen LogP contribution in [0.1, 0.15) is 219 Å². The van der Waals surface area contributed by atoms with E-state index in [0.29, 0.717) is 85.1 Å². The lowest BCUT2D eigenvalue weighted by molar-refractivity contribution is -0.133. The molecule has 5 atom stereocenters. The molecule has 0 saturated heterocycles. The summed E-state index contributed by atoms with van der Waals surface area (Å²) in [4.78, 5) is 74.9.